The van der Waals surface area contributed by atoms with Crippen molar-refractivity contribution in [2.45, 2.75) is 39.3 Å². The number of benzene rings is 1. The minimum Gasteiger partial charge on any atom is -0.380 e. The average Bonchev–Trinajstić information content (AvgIpc) is 2.30. The zero-order valence-electron chi connectivity index (χ0n) is 11.1. The highest BCUT2D eigenvalue weighted by Crippen LogP contribution is 2.14. The molecule has 0 aromatic heterocycles. The highest BCUT2D eigenvalue weighted by atomic mass is 19.1. The van der Waals surface area contributed by atoms with E-state index in [1.54, 1.807) is 13.2 Å². The van der Waals surface area contributed by atoms with Crippen molar-refractivity contribution in [3.8, 4) is 0 Å². The Bertz CT molecular complexity index is 354. The topological polar surface area (TPSA) is 21.3 Å². The van der Waals surface area contributed by atoms with Gasteiger partial charge in [0.15, 0.2) is 0 Å². The Balaban J connectivity index is 2.78. The Morgan fingerprint density at radius 3 is 2.65 bits per heavy atom. The summed E-state index contributed by atoms with van der Waals surface area (Å²) in [6.45, 7) is 6.97. The summed E-state index contributed by atoms with van der Waals surface area (Å²) in [5, 5.41) is 3.40. The Labute approximate surface area is 103 Å². The molecule has 96 valence electrons. The quantitative estimate of drug-likeness (QED) is 0.824. The number of halogens is 1. The second kappa shape index (κ2) is 6.72. The molecular weight excluding hydrogens is 217 g/mol. The van der Waals surface area contributed by atoms with Crippen LogP contribution in [-0.2, 0) is 11.2 Å². The van der Waals surface area contributed by atoms with Gasteiger partial charge in [0.05, 0.1) is 6.10 Å². The van der Waals surface area contributed by atoms with Crippen LogP contribution in [-0.4, -0.2) is 25.8 Å². The van der Waals surface area contributed by atoms with Crippen LogP contribution in [0.2, 0.25) is 0 Å². The fourth-order valence-electron chi connectivity index (χ4n) is 1.96. The smallest absolute Gasteiger partial charge is 0.123 e. The standard InChI is InChI=1S/C14H22FNO/c1-5-16-14(11(3)17-4)9-12-6-7-13(15)8-10(12)2/h6-8,11,14,16H,5,9H2,1-4H3. The number of nitrogens with one attached hydrogen (secondary N) is 1. The van der Waals surface area contributed by atoms with Crippen molar-refractivity contribution in [2.75, 3.05) is 13.7 Å². The van der Waals surface area contributed by atoms with E-state index in [1.807, 2.05) is 19.9 Å². The lowest BCUT2D eigenvalue weighted by Gasteiger charge is -2.24. The maximum absolute atomic E-state index is 13.0. The van der Waals surface area contributed by atoms with E-state index < -0.39 is 0 Å². The molecule has 3 heteroatoms. The first-order chi connectivity index (χ1) is 8.08. The Morgan fingerprint density at radius 1 is 1.41 bits per heavy atom. The number of aryl methyl sites for hydroxylation is 1. The number of hydrogen-bond acceptors (Lipinski definition) is 2. The third-order valence-electron chi connectivity index (χ3n) is 3.15. The Morgan fingerprint density at radius 2 is 2.12 bits per heavy atom. The molecule has 1 N–H and O–H groups in total. The number of ether oxygens (including phenoxy) is 1. The van der Waals surface area contributed by atoms with Crippen molar-refractivity contribution < 1.29 is 9.13 Å². The van der Waals surface area contributed by atoms with Crippen molar-refractivity contribution in [1.29, 1.82) is 0 Å². The van der Waals surface area contributed by atoms with E-state index >= 15 is 0 Å². The van der Waals surface area contributed by atoms with E-state index in [0.717, 1.165) is 18.5 Å². The van der Waals surface area contributed by atoms with Crippen LogP contribution in [0.15, 0.2) is 18.2 Å². The second-order valence-corrected chi connectivity index (χ2v) is 4.38. The van der Waals surface area contributed by atoms with Gasteiger partial charge in [-0.3, -0.25) is 0 Å². The predicted octanol–water partition coefficient (Wildman–Crippen LogP) is 2.69. The predicted molar refractivity (Wildman–Crippen MR) is 68.8 cm³/mol. The Hall–Kier alpha value is -0.930. The van der Waals surface area contributed by atoms with Crippen LogP contribution in [0.25, 0.3) is 0 Å². The van der Waals surface area contributed by atoms with E-state index in [4.69, 9.17) is 4.74 Å². The molecule has 2 unspecified atom stereocenters. The zero-order valence-corrected chi connectivity index (χ0v) is 11.1. The molecule has 1 rings (SSSR count). The van der Waals surface area contributed by atoms with E-state index in [2.05, 4.69) is 12.2 Å². The monoisotopic (exact) mass is 239 g/mol. The molecule has 0 spiro atoms. The molecule has 17 heavy (non-hydrogen) atoms. The molecule has 0 bridgehead atoms. The maximum atomic E-state index is 13.0. The molecule has 0 fully saturated rings. The molecule has 2 atom stereocenters. The summed E-state index contributed by atoms with van der Waals surface area (Å²) in [4.78, 5) is 0. The normalized spacial score (nSPS) is 14.6. The second-order valence-electron chi connectivity index (χ2n) is 4.38. The number of rotatable bonds is 6. The van der Waals surface area contributed by atoms with Crippen molar-refractivity contribution in [1.82, 2.24) is 5.32 Å². The lowest BCUT2D eigenvalue weighted by molar-refractivity contribution is 0.0836. The Kier molecular flexibility index (Phi) is 5.59. The summed E-state index contributed by atoms with van der Waals surface area (Å²) in [7, 11) is 1.71. The molecule has 0 aliphatic carbocycles. The molecule has 0 heterocycles. The van der Waals surface area contributed by atoms with E-state index in [0.29, 0.717) is 0 Å². The van der Waals surface area contributed by atoms with Crippen LogP contribution in [0.3, 0.4) is 0 Å². The van der Waals surface area contributed by atoms with Crippen molar-refractivity contribution in [2.24, 2.45) is 0 Å². The molecule has 0 aliphatic rings. The van der Waals surface area contributed by atoms with Gasteiger partial charge < -0.3 is 10.1 Å². The number of hydrogen-bond donors (Lipinski definition) is 1. The summed E-state index contributed by atoms with van der Waals surface area (Å²) in [5.41, 5.74) is 2.16. The van der Waals surface area contributed by atoms with Crippen molar-refractivity contribution in [3.05, 3.63) is 35.1 Å². The molecule has 1 aromatic carbocycles. The largest absolute Gasteiger partial charge is 0.380 e. The van der Waals surface area contributed by atoms with Crippen molar-refractivity contribution in [3.63, 3.8) is 0 Å². The van der Waals surface area contributed by atoms with Gasteiger partial charge in [0.1, 0.15) is 5.82 Å². The van der Waals surface area contributed by atoms with Crippen LogP contribution in [0.1, 0.15) is 25.0 Å². The average molecular weight is 239 g/mol. The molecule has 2 nitrogen and oxygen atoms in total. The molecule has 0 amide bonds. The van der Waals surface area contributed by atoms with Crippen LogP contribution in [0, 0.1) is 12.7 Å². The summed E-state index contributed by atoms with van der Waals surface area (Å²) in [5.74, 6) is -0.175. The lowest BCUT2D eigenvalue weighted by atomic mass is 9.98. The lowest BCUT2D eigenvalue weighted by Crippen LogP contribution is -2.41. The van der Waals surface area contributed by atoms with Gasteiger partial charge in [-0.15, -0.1) is 0 Å². The first-order valence-electron chi connectivity index (χ1n) is 6.09. The molecule has 0 saturated carbocycles. The maximum Gasteiger partial charge on any atom is 0.123 e. The first-order valence-corrected chi connectivity index (χ1v) is 6.09. The molecule has 1 aromatic rings. The fourth-order valence-corrected chi connectivity index (χ4v) is 1.96. The number of likely N-dealkylation sites (N-methyl/N-ethyl adjacent to an activating group) is 1. The van der Waals surface area contributed by atoms with Gasteiger partial charge in [-0.05, 0) is 50.1 Å². The zero-order chi connectivity index (χ0) is 12.8. The third-order valence-corrected chi connectivity index (χ3v) is 3.15. The highest BCUT2D eigenvalue weighted by Gasteiger charge is 2.17. The van der Waals surface area contributed by atoms with Gasteiger partial charge in [-0.25, -0.2) is 4.39 Å². The molecule has 0 radical (unpaired) electrons. The van der Waals surface area contributed by atoms with Crippen LogP contribution < -0.4 is 5.32 Å². The van der Waals surface area contributed by atoms with Gasteiger partial charge in [-0.2, -0.15) is 0 Å². The summed E-state index contributed by atoms with van der Waals surface area (Å²) >= 11 is 0. The van der Waals surface area contributed by atoms with Crippen molar-refractivity contribution >= 4 is 0 Å². The van der Waals surface area contributed by atoms with E-state index in [-0.39, 0.29) is 18.0 Å². The number of methoxy groups -OCH3 is 1. The van der Waals surface area contributed by atoms with Gasteiger partial charge in [0.25, 0.3) is 0 Å². The third kappa shape index (κ3) is 4.10. The summed E-state index contributed by atoms with van der Waals surface area (Å²) in [6.07, 6.45) is 0.994. The highest BCUT2D eigenvalue weighted by molar-refractivity contribution is 5.27. The van der Waals surface area contributed by atoms with Gasteiger partial charge in [0, 0.05) is 13.2 Å². The van der Waals surface area contributed by atoms with Crippen LogP contribution in [0.4, 0.5) is 4.39 Å². The molecule has 0 aliphatic heterocycles. The van der Waals surface area contributed by atoms with Crippen LogP contribution in [0.5, 0.6) is 0 Å². The van der Waals surface area contributed by atoms with Gasteiger partial charge in [-0.1, -0.05) is 13.0 Å². The van der Waals surface area contributed by atoms with Gasteiger partial charge >= 0.3 is 0 Å². The first kappa shape index (κ1) is 14.1. The molecule has 0 saturated heterocycles. The SMILES string of the molecule is CCNC(Cc1ccc(F)cc1C)C(C)OC. The minimum absolute atomic E-state index is 0.138. The van der Waals surface area contributed by atoms with E-state index in [1.165, 1.54) is 11.6 Å². The fraction of sp³-hybridized carbons (Fsp3) is 0.571. The van der Waals surface area contributed by atoms with E-state index in [9.17, 15) is 4.39 Å². The minimum atomic E-state index is -0.175. The summed E-state index contributed by atoms with van der Waals surface area (Å²) < 4.78 is 18.4. The van der Waals surface area contributed by atoms with Crippen LogP contribution >= 0.6 is 0 Å². The van der Waals surface area contributed by atoms with Gasteiger partial charge in [0.2, 0.25) is 0 Å². The summed E-state index contributed by atoms with van der Waals surface area (Å²) in [6, 6.07) is 5.21. The molecular formula is C14H22FNO.